The second-order valence-electron chi connectivity index (χ2n) is 6.43. The highest BCUT2D eigenvalue weighted by Crippen LogP contribution is 2.27. The van der Waals surface area contributed by atoms with E-state index in [1.807, 2.05) is 25.4 Å². The monoisotopic (exact) mass is 290 g/mol. The molecule has 1 atom stereocenters. The summed E-state index contributed by atoms with van der Waals surface area (Å²) in [5.41, 5.74) is 2.80. The third-order valence-corrected chi connectivity index (χ3v) is 3.54. The maximum absolute atomic E-state index is 4.26. The molecule has 2 heteroatoms. The van der Waals surface area contributed by atoms with E-state index in [2.05, 4.69) is 57.6 Å². The average molecular weight is 290 g/mol. The lowest BCUT2D eigenvalue weighted by atomic mass is 9.85. The van der Waals surface area contributed by atoms with E-state index < -0.39 is 0 Å². The molecule has 0 saturated carbocycles. The third kappa shape index (κ3) is 9.41. The molecule has 2 nitrogen and oxygen atoms in total. The number of hydrogen-bond donors (Lipinski definition) is 1. The molecule has 0 aromatic carbocycles. The number of rotatable bonds is 10. The Morgan fingerprint density at radius 3 is 2.57 bits per heavy atom. The first-order chi connectivity index (χ1) is 9.86. The van der Waals surface area contributed by atoms with Crippen molar-refractivity contribution in [2.45, 2.75) is 66.8 Å². The molecule has 0 aliphatic rings. The van der Waals surface area contributed by atoms with E-state index in [9.17, 15) is 0 Å². The summed E-state index contributed by atoms with van der Waals surface area (Å²) in [7, 11) is 0. The molecular formula is C19H34N2. The fourth-order valence-electron chi connectivity index (χ4n) is 2.38. The summed E-state index contributed by atoms with van der Waals surface area (Å²) >= 11 is 0. The summed E-state index contributed by atoms with van der Waals surface area (Å²) in [6.07, 6.45) is 11.5. The van der Waals surface area contributed by atoms with Gasteiger partial charge in [0, 0.05) is 25.0 Å². The number of allylic oxidation sites excluding steroid dienone is 1. The van der Waals surface area contributed by atoms with Gasteiger partial charge in [0.1, 0.15) is 0 Å². The van der Waals surface area contributed by atoms with Crippen LogP contribution in [0.4, 0.5) is 0 Å². The summed E-state index contributed by atoms with van der Waals surface area (Å²) in [5.74, 6) is 0. The maximum atomic E-state index is 4.26. The van der Waals surface area contributed by atoms with Gasteiger partial charge in [-0.15, -0.1) is 6.58 Å². The highest BCUT2D eigenvalue weighted by atomic mass is 14.9. The van der Waals surface area contributed by atoms with E-state index in [1.165, 1.54) is 24.0 Å². The van der Waals surface area contributed by atoms with Gasteiger partial charge in [-0.3, -0.25) is 4.99 Å². The van der Waals surface area contributed by atoms with Gasteiger partial charge in [0.15, 0.2) is 0 Å². The molecule has 21 heavy (non-hydrogen) atoms. The molecule has 0 fully saturated rings. The molecule has 0 aliphatic heterocycles. The van der Waals surface area contributed by atoms with Gasteiger partial charge in [-0.1, -0.05) is 39.3 Å². The Bertz CT molecular complexity index is 386. The van der Waals surface area contributed by atoms with Gasteiger partial charge in [0.25, 0.3) is 0 Å². The fraction of sp³-hybridized carbons (Fsp3) is 0.632. The number of nitrogens with zero attached hydrogens (tertiary/aromatic N) is 1. The zero-order valence-electron chi connectivity index (χ0n) is 14.9. The topological polar surface area (TPSA) is 24.4 Å². The Kier molecular flexibility index (Phi) is 9.98. The van der Waals surface area contributed by atoms with Crippen molar-refractivity contribution in [3.8, 4) is 0 Å². The highest BCUT2D eigenvalue weighted by Gasteiger charge is 2.15. The minimum Gasteiger partial charge on any atom is -0.310 e. The lowest BCUT2D eigenvalue weighted by Crippen LogP contribution is -2.28. The molecule has 0 rings (SSSR count). The fourth-order valence-corrected chi connectivity index (χ4v) is 2.38. The van der Waals surface area contributed by atoms with Crippen molar-refractivity contribution < 1.29 is 0 Å². The zero-order chi connectivity index (χ0) is 16.3. The molecular weight excluding hydrogens is 256 g/mol. The van der Waals surface area contributed by atoms with E-state index >= 15 is 0 Å². The molecule has 0 saturated heterocycles. The third-order valence-electron chi connectivity index (χ3n) is 3.54. The number of aliphatic imine (C=N–C) groups is 1. The van der Waals surface area contributed by atoms with Crippen LogP contribution in [0.3, 0.4) is 0 Å². The van der Waals surface area contributed by atoms with Crippen molar-refractivity contribution in [2.75, 3.05) is 6.54 Å². The maximum Gasteiger partial charge on any atom is 0.0296 e. The molecule has 0 amide bonds. The molecule has 120 valence electrons. The molecule has 0 aliphatic carbocycles. The van der Waals surface area contributed by atoms with Gasteiger partial charge in [-0.05, 0) is 50.2 Å². The summed E-state index contributed by atoms with van der Waals surface area (Å²) in [6, 6.07) is 0.447. The Labute approximate surface area is 132 Å². The summed E-state index contributed by atoms with van der Waals surface area (Å²) in [6.45, 7) is 17.8. The smallest absolute Gasteiger partial charge is 0.0296 e. The predicted molar refractivity (Wildman–Crippen MR) is 97.0 cm³/mol. The van der Waals surface area contributed by atoms with E-state index in [1.54, 1.807) is 0 Å². The molecule has 1 unspecified atom stereocenters. The Balaban J connectivity index is 5.09. The normalized spacial score (nSPS) is 15.5. The van der Waals surface area contributed by atoms with Crippen molar-refractivity contribution in [2.24, 2.45) is 10.4 Å². The predicted octanol–water partition coefficient (Wildman–Crippen LogP) is 5.29. The van der Waals surface area contributed by atoms with Crippen LogP contribution in [0.25, 0.3) is 0 Å². The van der Waals surface area contributed by atoms with Crippen molar-refractivity contribution >= 4 is 6.21 Å². The molecule has 0 bridgehead atoms. The van der Waals surface area contributed by atoms with Gasteiger partial charge in [0.2, 0.25) is 0 Å². The van der Waals surface area contributed by atoms with E-state index in [4.69, 9.17) is 0 Å². The van der Waals surface area contributed by atoms with E-state index in [0.29, 0.717) is 6.04 Å². The minimum atomic E-state index is 0.221. The molecule has 0 aromatic rings. The lowest BCUT2D eigenvalue weighted by molar-refractivity contribution is 0.427. The first-order valence-electron chi connectivity index (χ1n) is 8.07. The van der Waals surface area contributed by atoms with Crippen LogP contribution in [0.1, 0.15) is 60.8 Å². The van der Waals surface area contributed by atoms with Crippen LogP contribution in [-0.2, 0) is 0 Å². The Morgan fingerprint density at radius 1 is 1.38 bits per heavy atom. The average Bonchev–Trinajstić information content (AvgIpc) is 2.40. The molecule has 1 N–H and O–H groups in total. The largest absolute Gasteiger partial charge is 0.310 e. The number of nitrogens with one attached hydrogen (secondary N) is 1. The van der Waals surface area contributed by atoms with Crippen molar-refractivity contribution in [1.82, 2.24) is 5.32 Å². The van der Waals surface area contributed by atoms with E-state index in [0.717, 1.165) is 13.0 Å². The second kappa shape index (κ2) is 10.6. The quantitative estimate of drug-likeness (QED) is 0.330. The summed E-state index contributed by atoms with van der Waals surface area (Å²) in [4.78, 5) is 4.26. The van der Waals surface area contributed by atoms with Gasteiger partial charge < -0.3 is 5.32 Å². The van der Waals surface area contributed by atoms with Gasteiger partial charge in [0.05, 0.1) is 0 Å². The first-order valence-corrected chi connectivity index (χ1v) is 8.07. The van der Waals surface area contributed by atoms with Crippen molar-refractivity contribution in [3.63, 3.8) is 0 Å². The molecule has 0 heterocycles. The summed E-state index contributed by atoms with van der Waals surface area (Å²) < 4.78 is 0. The van der Waals surface area contributed by atoms with Gasteiger partial charge in [-0.25, -0.2) is 0 Å². The van der Waals surface area contributed by atoms with Crippen molar-refractivity contribution in [1.29, 1.82) is 0 Å². The Morgan fingerprint density at radius 2 is 2.05 bits per heavy atom. The summed E-state index contributed by atoms with van der Waals surface area (Å²) in [5, 5.41) is 3.57. The van der Waals surface area contributed by atoms with Crippen molar-refractivity contribution in [3.05, 3.63) is 36.1 Å². The second-order valence-corrected chi connectivity index (χ2v) is 6.43. The molecule has 0 aromatic heterocycles. The van der Waals surface area contributed by atoms with Crippen LogP contribution in [0.5, 0.6) is 0 Å². The first kappa shape index (κ1) is 19.9. The minimum absolute atomic E-state index is 0.221. The number of hydrogen-bond acceptors (Lipinski definition) is 2. The van der Waals surface area contributed by atoms with Crippen LogP contribution in [0, 0.1) is 5.41 Å². The van der Waals surface area contributed by atoms with Gasteiger partial charge in [-0.2, -0.15) is 0 Å². The van der Waals surface area contributed by atoms with E-state index in [-0.39, 0.29) is 5.41 Å². The van der Waals surface area contributed by atoms with Crippen LogP contribution in [0.15, 0.2) is 41.1 Å². The molecule has 0 radical (unpaired) electrons. The SMILES string of the molecule is C=CCC(C)NCC(=C\C(C)(C)CCC)/C(C)=C/N=CC. The molecule has 0 spiro atoms. The lowest BCUT2D eigenvalue weighted by Gasteiger charge is -2.23. The zero-order valence-corrected chi connectivity index (χ0v) is 14.9. The van der Waals surface area contributed by atoms with Gasteiger partial charge >= 0.3 is 0 Å². The van der Waals surface area contributed by atoms with Crippen LogP contribution < -0.4 is 5.32 Å². The van der Waals surface area contributed by atoms with Crippen LogP contribution in [-0.4, -0.2) is 18.8 Å². The Hall–Kier alpha value is -1.15. The van der Waals surface area contributed by atoms with Crippen LogP contribution >= 0.6 is 0 Å². The standard InChI is InChI=1S/C19H34N2/c1-8-11-17(5)21-15-18(16(4)14-20-10-3)13-19(6,7)12-9-2/h8,10,13-14,17,21H,1,9,11-12,15H2,2-7H3/b16-14+,18-13+,20-10?. The van der Waals surface area contributed by atoms with Crippen LogP contribution in [0.2, 0.25) is 0 Å². The highest BCUT2D eigenvalue weighted by molar-refractivity contribution is 5.54.